The molecular formula is C12H5F2N5O2. The highest BCUT2D eigenvalue weighted by atomic mass is 19.1. The van der Waals surface area contributed by atoms with Crippen LogP contribution in [-0.4, -0.2) is 25.5 Å². The summed E-state index contributed by atoms with van der Waals surface area (Å²) in [5.41, 5.74) is -1.97. The number of benzene rings is 1. The van der Waals surface area contributed by atoms with Crippen LogP contribution in [0.2, 0.25) is 0 Å². The molecule has 7 nitrogen and oxygen atoms in total. The van der Waals surface area contributed by atoms with Crippen LogP contribution >= 0.6 is 0 Å². The third-order valence-electron chi connectivity index (χ3n) is 2.84. The Bertz CT molecular complexity index is 1130. The second-order valence-electron chi connectivity index (χ2n) is 4.07. The van der Waals surface area contributed by atoms with E-state index >= 15 is 0 Å². The molecule has 0 bridgehead atoms. The summed E-state index contributed by atoms with van der Waals surface area (Å²) >= 11 is 0. The van der Waals surface area contributed by atoms with Crippen LogP contribution < -0.4 is 16.3 Å². The van der Waals surface area contributed by atoms with Crippen molar-refractivity contribution in [1.29, 1.82) is 5.41 Å². The highest BCUT2D eigenvalue weighted by molar-refractivity contribution is 5.48. The molecule has 21 heavy (non-hydrogen) atoms. The van der Waals surface area contributed by atoms with E-state index < -0.39 is 33.2 Å². The van der Waals surface area contributed by atoms with Crippen molar-refractivity contribution < 1.29 is 8.78 Å². The lowest BCUT2D eigenvalue weighted by molar-refractivity contribution is 0.566. The summed E-state index contributed by atoms with van der Waals surface area (Å²) in [5, 5.41) is 8.77. The molecule has 2 aromatic heterocycles. The summed E-state index contributed by atoms with van der Waals surface area (Å²) in [6.45, 7) is 0. The van der Waals surface area contributed by atoms with Crippen LogP contribution in [-0.2, 0) is 0 Å². The van der Waals surface area contributed by atoms with Crippen molar-refractivity contribution >= 4 is 11.6 Å². The Kier molecular flexibility index (Phi) is 2.70. The Balaban J connectivity index is 2.78. The van der Waals surface area contributed by atoms with Gasteiger partial charge in [-0.1, -0.05) is 0 Å². The van der Waals surface area contributed by atoms with Gasteiger partial charge in [-0.2, -0.15) is 14.6 Å². The summed E-state index contributed by atoms with van der Waals surface area (Å²) < 4.78 is 28.7. The number of fused-ring (bicyclic) bond motifs is 1. The normalized spacial score (nSPS) is 10.8. The molecule has 0 atom stereocenters. The predicted octanol–water partition coefficient (Wildman–Crippen LogP) is -1.02. The molecule has 0 amide bonds. The van der Waals surface area contributed by atoms with Gasteiger partial charge < -0.3 is 0 Å². The molecule has 0 spiro atoms. The summed E-state index contributed by atoms with van der Waals surface area (Å²) in [5.74, 6) is -0.598. The SMILES string of the molecule is N=C=c1cc(F)c(=c2c(=O)[nH]c3ncnn3c2=O)c(F)c1. The van der Waals surface area contributed by atoms with E-state index in [4.69, 9.17) is 5.41 Å². The average molecular weight is 289 g/mol. The monoisotopic (exact) mass is 289 g/mol. The summed E-state index contributed by atoms with van der Waals surface area (Å²) in [6.07, 6.45) is 1.02. The van der Waals surface area contributed by atoms with E-state index in [1.54, 1.807) is 0 Å². The largest absolute Gasteiger partial charge is 0.290 e. The van der Waals surface area contributed by atoms with Crippen LogP contribution in [0.4, 0.5) is 8.78 Å². The van der Waals surface area contributed by atoms with E-state index in [0.29, 0.717) is 0 Å². The van der Waals surface area contributed by atoms with Crippen molar-refractivity contribution in [3.8, 4) is 0 Å². The molecule has 2 N–H and O–H groups in total. The number of hydrogen-bond acceptors (Lipinski definition) is 5. The van der Waals surface area contributed by atoms with Crippen LogP contribution in [0.25, 0.3) is 5.78 Å². The summed E-state index contributed by atoms with van der Waals surface area (Å²) in [4.78, 5) is 29.8. The minimum atomic E-state index is -1.15. The molecule has 1 aromatic carbocycles. The number of halogens is 2. The zero-order valence-electron chi connectivity index (χ0n) is 10.1. The Hall–Kier alpha value is -3.19. The minimum absolute atomic E-state index is 0.126. The zero-order valence-corrected chi connectivity index (χ0v) is 10.1. The highest BCUT2D eigenvalue weighted by Gasteiger charge is 2.11. The van der Waals surface area contributed by atoms with E-state index in [2.05, 4.69) is 15.1 Å². The van der Waals surface area contributed by atoms with Gasteiger partial charge in [-0.15, -0.1) is 0 Å². The molecule has 0 aliphatic rings. The Labute approximate surface area is 113 Å². The van der Waals surface area contributed by atoms with Crippen molar-refractivity contribution in [2.45, 2.75) is 0 Å². The van der Waals surface area contributed by atoms with E-state index in [1.807, 2.05) is 5.87 Å². The molecule has 3 rings (SSSR count). The van der Waals surface area contributed by atoms with Gasteiger partial charge in [0.25, 0.3) is 11.1 Å². The number of aromatic amines is 1. The second kappa shape index (κ2) is 4.43. The van der Waals surface area contributed by atoms with Gasteiger partial charge in [0, 0.05) is 5.22 Å². The summed E-state index contributed by atoms with van der Waals surface area (Å²) in [6, 6.07) is 1.60. The van der Waals surface area contributed by atoms with Crippen molar-refractivity contribution in [1.82, 2.24) is 19.6 Å². The first-order valence-electron chi connectivity index (χ1n) is 5.58. The maximum atomic E-state index is 14.0. The van der Waals surface area contributed by atoms with Crippen LogP contribution in [0.3, 0.4) is 0 Å². The van der Waals surface area contributed by atoms with Gasteiger partial charge >= 0.3 is 0 Å². The number of nitrogens with zero attached hydrogens (tertiary/aromatic N) is 3. The zero-order chi connectivity index (χ0) is 15.1. The van der Waals surface area contributed by atoms with Gasteiger partial charge in [0.1, 0.15) is 23.2 Å². The third-order valence-corrected chi connectivity index (χ3v) is 2.84. The van der Waals surface area contributed by atoms with Crippen molar-refractivity contribution in [3.63, 3.8) is 0 Å². The molecule has 2 heterocycles. The van der Waals surface area contributed by atoms with Gasteiger partial charge in [0.2, 0.25) is 5.78 Å². The molecule has 0 unspecified atom stereocenters. The molecule has 0 saturated heterocycles. The topological polar surface area (TPSA) is 104 Å². The molecule has 0 aliphatic heterocycles. The highest BCUT2D eigenvalue weighted by Crippen LogP contribution is 2.02. The molecule has 9 heteroatoms. The number of nitrogens with one attached hydrogen (secondary N) is 2. The standard InChI is InChI=1S/C12H5F2N5O2/c13-6-1-5(3-15)2-7(14)8(6)9-10(20)18-12-16-4-17-19(12)11(9)21/h1-2,4,15H,(H,16,17,18,20). The molecular weight excluding hydrogens is 284 g/mol. The third kappa shape index (κ3) is 1.84. The maximum Gasteiger partial charge on any atom is 0.287 e. The first kappa shape index (κ1) is 12.8. The van der Waals surface area contributed by atoms with E-state index in [1.165, 1.54) is 0 Å². The van der Waals surface area contributed by atoms with Crippen LogP contribution in [0.5, 0.6) is 0 Å². The predicted molar refractivity (Wildman–Crippen MR) is 66.0 cm³/mol. The Morgan fingerprint density at radius 2 is 1.86 bits per heavy atom. The van der Waals surface area contributed by atoms with Gasteiger partial charge in [-0.05, 0) is 18.0 Å². The number of hydrogen-bond donors (Lipinski definition) is 2. The number of rotatable bonds is 0. The first-order chi connectivity index (χ1) is 10.0. The lowest BCUT2D eigenvalue weighted by Crippen LogP contribution is -2.27. The maximum absolute atomic E-state index is 14.0. The van der Waals surface area contributed by atoms with E-state index in [9.17, 15) is 18.4 Å². The number of aromatic nitrogens is 4. The molecule has 104 valence electrons. The Morgan fingerprint density at radius 3 is 2.48 bits per heavy atom. The fourth-order valence-electron chi connectivity index (χ4n) is 1.95. The molecule has 0 saturated carbocycles. The van der Waals surface area contributed by atoms with E-state index in [-0.39, 0.29) is 11.0 Å². The minimum Gasteiger partial charge on any atom is -0.290 e. The fraction of sp³-hybridized carbons (Fsp3) is 0. The summed E-state index contributed by atoms with van der Waals surface area (Å²) in [7, 11) is 0. The van der Waals surface area contributed by atoms with Gasteiger partial charge in [-0.25, -0.2) is 8.78 Å². The fourth-order valence-corrected chi connectivity index (χ4v) is 1.95. The second-order valence-corrected chi connectivity index (χ2v) is 4.07. The van der Waals surface area contributed by atoms with Crippen molar-refractivity contribution in [2.24, 2.45) is 0 Å². The lowest BCUT2D eigenvalue weighted by atomic mass is 10.2. The Morgan fingerprint density at radius 1 is 1.19 bits per heavy atom. The molecule has 0 fully saturated rings. The number of H-pyrrole nitrogens is 1. The molecule has 0 aliphatic carbocycles. The smallest absolute Gasteiger partial charge is 0.287 e. The molecule has 0 radical (unpaired) electrons. The van der Waals surface area contributed by atoms with Crippen LogP contribution in [0.15, 0.2) is 28.0 Å². The van der Waals surface area contributed by atoms with Crippen molar-refractivity contribution in [2.75, 3.05) is 0 Å². The van der Waals surface area contributed by atoms with Crippen molar-refractivity contribution in [3.05, 3.63) is 66.5 Å². The van der Waals surface area contributed by atoms with Gasteiger partial charge in [0.15, 0.2) is 0 Å². The molecule has 3 aromatic rings. The van der Waals surface area contributed by atoms with Gasteiger partial charge in [-0.3, -0.25) is 20.0 Å². The first-order valence-corrected chi connectivity index (χ1v) is 5.58. The van der Waals surface area contributed by atoms with Crippen LogP contribution in [0.1, 0.15) is 0 Å². The van der Waals surface area contributed by atoms with Crippen LogP contribution in [0, 0.1) is 27.5 Å². The van der Waals surface area contributed by atoms with Gasteiger partial charge in [0.05, 0.1) is 5.22 Å². The quantitative estimate of drug-likeness (QED) is 0.517. The van der Waals surface area contributed by atoms with E-state index in [0.717, 1.165) is 23.0 Å². The average Bonchev–Trinajstić information content (AvgIpc) is 2.89. The lowest BCUT2D eigenvalue weighted by Gasteiger charge is -1.95.